The quantitative estimate of drug-likeness (QED) is 0.729. The highest BCUT2D eigenvalue weighted by Gasteiger charge is 2.07. The second-order valence-electron chi connectivity index (χ2n) is 5.88. The summed E-state index contributed by atoms with van der Waals surface area (Å²) in [5.74, 6) is 0.330. The lowest BCUT2D eigenvalue weighted by molar-refractivity contribution is 0.0951. The number of benzene rings is 1. The van der Waals surface area contributed by atoms with Crippen LogP contribution in [-0.4, -0.2) is 48.0 Å². The van der Waals surface area contributed by atoms with Gasteiger partial charge < -0.3 is 15.5 Å². The molecule has 0 unspecified atom stereocenters. The fourth-order valence-corrected chi connectivity index (χ4v) is 2.16. The van der Waals surface area contributed by atoms with Crippen molar-refractivity contribution in [3.63, 3.8) is 0 Å². The number of nitrogens with zero attached hydrogens (tertiary/aromatic N) is 3. The second kappa shape index (κ2) is 8.98. The molecule has 2 N–H and O–H groups in total. The third-order valence-corrected chi connectivity index (χ3v) is 3.60. The molecule has 1 heterocycles. The largest absolute Gasteiger partial charge is 0.352 e. The molecule has 0 aliphatic rings. The summed E-state index contributed by atoms with van der Waals surface area (Å²) in [6, 6.07) is 8.12. The summed E-state index contributed by atoms with van der Waals surface area (Å²) < 4.78 is 0. The number of hydrogen-bond acceptors (Lipinski definition) is 5. The molecular formula is C18H25N5O. The van der Waals surface area contributed by atoms with Gasteiger partial charge in [-0.2, -0.15) is 0 Å². The number of anilines is 2. The van der Waals surface area contributed by atoms with E-state index in [1.165, 1.54) is 18.0 Å². The Morgan fingerprint density at radius 3 is 2.38 bits per heavy atom. The normalized spacial score (nSPS) is 10.7. The van der Waals surface area contributed by atoms with Gasteiger partial charge in [-0.3, -0.25) is 4.79 Å². The fraction of sp³-hybridized carbons (Fsp3) is 0.389. The molecule has 6 heteroatoms. The van der Waals surface area contributed by atoms with E-state index in [9.17, 15) is 4.79 Å². The van der Waals surface area contributed by atoms with E-state index in [0.29, 0.717) is 18.1 Å². The van der Waals surface area contributed by atoms with E-state index in [1.807, 2.05) is 26.2 Å². The van der Waals surface area contributed by atoms with Gasteiger partial charge in [-0.05, 0) is 51.2 Å². The van der Waals surface area contributed by atoms with E-state index in [0.717, 1.165) is 25.1 Å². The van der Waals surface area contributed by atoms with Crippen molar-refractivity contribution in [2.45, 2.75) is 19.8 Å². The van der Waals surface area contributed by atoms with E-state index in [-0.39, 0.29) is 5.91 Å². The van der Waals surface area contributed by atoms with Crippen molar-refractivity contribution < 1.29 is 4.79 Å². The van der Waals surface area contributed by atoms with E-state index < -0.39 is 0 Å². The predicted octanol–water partition coefficient (Wildman–Crippen LogP) is 2.46. The average molecular weight is 327 g/mol. The Morgan fingerprint density at radius 2 is 1.79 bits per heavy atom. The molecule has 1 amide bonds. The standard InChI is InChI=1S/C18H25N5O/c1-4-14-6-8-16(9-7-14)22-18-20-12-15(13-21-18)17(24)19-10-5-11-23(2)3/h6-9,12-13H,4-5,10-11H2,1-3H3,(H,19,24)(H,20,21,22). The van der Waals surface area contributed by atoms with Crippen LogP contribution in [0.25, 0.3) is 0 Å². The minimum Gasteiger partial charge on any atom is -0.352 e. The predicted molar refractivity (Wildman–Crippen MR) is 96.6 cm³/mol. The molecule has 0 radical (unpaired) electrons. The van der Waals surface area contributed by atoms with Gasteiger partial charge in [0.15, 0.2) is 0 Å². The smallest absolute Gasteiger partial charge is 0.254 e. The number of nitrogens with one attached hydrogen (secondary N) is 2. The van der Waals surface area contributed by atoms with Gasteiger partial charge in [0.25, 0.3) is 5.91 Å². The Morgan fingerprint density at radius 1 is 1.12 bits per heavy atom. The van der Waals surface area contributed by atoms with Crippen molar-refractivity contribution in [1.29, 1.82) is 0 Å². The first kappa shape index (κ1) is 17.9. The Bertz CT molecular complexity index is 637. The number of hydrogen-bond donors (Lipinski definition) is 2. The number of amides is 1. The first-order valence-electron chi connectivity index (χ1n) is 8.19. The maximum atomic E-state index is 12.0. The second-order valence-corrected chi connectivity index (χ2v) is 5.88. The zero-order valence-electron chi connectivity index (χ0n) is 14.5. The van der Waals surface area contributed by atoms with Gasteiger partial charge in [0, 0.05) is 24.6 Å². The topological polar surface area (TPSA) is 70.2 Å². The van der Waals surface area contributed by atoms with Gasteiger partial charge in [0.2, 0.25) is 5.95 Å². The Hall–Kier alpha value is -2.47. The van der Waals surface area contributed by atoms with Crippen molar-refractivity contribution in [3.8, 4) is 0 Å². The highest BCUT2D eigenvalue weighted by molar-refractivity contribution is 5.93. The van der Waals surface area contributed by atoms with E-state index in [1.54, 1.807) is 0 Å². The van der Waals surface area contributed by atoms with Crippen LogP contribution in [-0.2, 0) is 6.42 Å². The molecule has 0 aliphatic heterocycles. The summed E-state index contributed by atoms with van der Waals surface area (Å²) >= 11 is 0. The molecule has 2 aromatic rings. The van der Waals surface area contributed by atoms with E-state index in [2.05, 4.69) is 44.6 Å². The van der Waals surface area contributed by atoms with Crippen LogP contribution in [0.5, 0.6) is 0 Å². The SMILES string of the molecule is CCc1ccc(Nc2ncc(C(=O)NCCCN(C)C)cn2)cc1. The average Bonchev–Trinajstić information content (AvgIpc) is 2.59. The third kappa shape index (κ3) is 5.62. The molecule has 0 spiro atoms. The Labute approximate surface area is 143 Å². The van der Waals surface area contributed by atoms with Gasteiger partial charge >= 0.3 is 0 Å². The van der Waals surface area contributed by atoms with Crippen molar-refractivity contribution in [2.24, 2.45) is 0 Å². The van der Waals surface area contributed by atoms with Crippen molar-refractivity contribution in [2.75, 3.05) is 32.5 Å². The molecule has 0 saturated heterocycles. The van der Waals surface area contributed by atoms with Gasteiger partial charge in [-0.25, -0.2) is 9.97 Å². The Kier molecular flexibility index (Phi) is 6.69. The molecule has 2 rings (SSSR count). The molecule has 24 heavy (non-hydrogen) atoms. The van der Waals surface area contributed by atoms with Crippen LogP contribution in [0.4, 0.5) is 11.6 Å². The minimum atomic E-state index is -0.146. The number of aromatic nitrogens is 2. The maximum absolute atomic E-state index is 12.0. The van der Waals surface area contributed by atoms with Crippen molar-refractivity contribution >= 4 is 17.5 Å². The molecular weight excluding hydrogens is 302 g/mol. The minimum absolute atomic E-state index is 0.146. The molecule has 128 valence electrons. The summed E-state index contributed by atoms with van der Waals surface area (Å²) in [5, 5.41) is 6.00. The van der Waals surface area contributed by atoms with Crippen LogP contribution in [0.1, 0.15) is 29.3 Å². The molecule has 6 nitrogen and oxygen atoms in total. The highest BCUT2D eigenvalue weighted by atomic mass is 16.1. The zero-order valence-corrected chi connectivity index (χ0v) is 14.5. The molecule has 0 fully saturated rings. The number of rotatable bonds is 8. The highest BCUT2D eigenvalue weighted by Crippen LogP contribution is 2.14. The molecule has 0 saturated carbocycles. The molecule has 0 bridgehead atoms. The van der Waals surface area contributed by atoms with Crippen LogP contribution in [0, 0.1) is 0 Å². The molecule has 1 aromatic heterocycles. The van der Waals surface area contributed by atoms with E-state index in [4.69, 9.17) is 0 Å². The third-order valence-electron chi connectivity index (χ3n) is 3.60. The number of carbonyl (C=O) groups is 1. The molecule has 0 aliphatic carbocycles. The summed E-state index contributed by atoms with van der Waals surface area (Å²) in [4.78, 5) is 22.5. The van der Waals surface area contributed by atoms with Crippen molar-refractivity contribution in [1.82, 2.24) is 20.2 Å². The van der Waals surface area contributed by atoms with Gasteiger partial charge in [-0.1, -0.05) is 19.1 Å². The first-order valence-corrected chi connectivity index (χ1v) is 8.19. The molecule has 1 aromatic carbocycles. The lowest BCUT2D eigenvalue weighted by Gasteiger charge is -2.10. The van der Waals surface area contributed by atoms with E-state index >= 15 is 0 Å². The fourth-order valence-electron chi connectivity index (χ4n) is 2.16. The number of carbonyl (C=O) groups excluding carboxylic acids is 1. The van der Waals surface area contributed by atoms with Crippen molar-refractivity contribution in [3.05, 3.63) is 47.8 Å². The van der Waals surface area contributed by atoms with Gasteiger partial charge in [0.1, 0.15) is 0 Å². The van der Waals surface area contributed by atoms with Crippen LogP contribution >= 0.6 is 0 Å². The summed E-state index contributed by atoms with van der Waals surface area (Å²) in [6.45, 7) is 3.70. The van der Waals surface area contributed by atoms with Crippen LogP contribution in [0.2, 0.25) is 0 Å². The lowest BCUT2D eigenvalue weighted by Crippen LogP contribution is -2.27. The first-order chi connectivity index (χ1) is 11.6. The monoisotopic (exact) mass is 327 g/mol. The Balaban J connectivity index is 1.86. The van der Waals surface area contributed by atoms with Gasteiger partial charge in [0.05, 0.1) is 5.56 Å². The summed E-state index contributed by atoms with van der Waals surface area (Å²) in [7, 11) is 4.02. The maximum Gasteiger partial charge on any atom is 0.254 e. The number of aryl methyl sites for hydroxylation is 1. The molecule has 0 atom stereocenters. The van der Waals surface area contributed by atoms with Gasteiger partial charge in [-0.15, -0.1) is 0 Å². The van der Waals surface area contributed by atoms with Crippen LogP contribution < -0.4 is 10.6 Å². The lowest BCUT2D eigenvalue weighted by atomic mass is 10.1. The zero-order chi connectivity index (χ0) is 17.4. The summed E-state index contributed by atoms with van der Waals surface area (Å²) in [6.07, 6.45) is 5.00. The summed E-state index contributed by atoms with van der Waals surface area (Å²) in [5.41, 5.74) is 2.67. The van der Waals surface area contributed by atoms with Crippen LogP contribution in [0.3, 0.4) is 0 Å². The van der Waals surface area contributed by atoms with Crippen LogP contribution in [0.15, 0.2) is 36.7 Å².